The van der Waals surface area contributed by atoms with Crippen molar-refractivity contribution in [3.63, 3.8) is 0 Å². The molecular weight excluding hydrogens is 410 g/mol. The van der Waals surface area contributed by atoms with E-state index in [9.17, 15) is 0 Å². The molecule has 0 bridgehead atoms. The van der Waals surface area contributed by atoms with Crippen molar-refractivity contribution in [2.24, 2.45) is 0 Å². The van der Waals surface area contributed by atoms with Gasteiger partial charge in [-0.25, -0.2) is 0 Å². The molecule has 1 aromatic heterocycles. The first kappa shape index (κ1) is 19.2. The first-order chi connectivity index (χ1) is 13.1. The van der Waals surface area contributed by atoms with E-state index >= 15 is 0 Å². The first-order valence-electron chi connectivity index (χ1n) is 8.65. The Labute approximate surface area is 166 Å². The molecule has 2 aromatic carbocycles. The second-order valence-electron chi connectivity index (χ2n) is 6.04. The third-order valence-electron chi connectivity index (χ3n) is 3.98. The van der Waals surface area contributed by atoms with Crippen LogP contribution < -0.4 is 14.8 Å². The zero-order chi connectivity index (χ0) is 19.2. The molecule has 0 amide bonds. The summed E-state index contributed by atoms with van der Waals surface area (Å²) in [4.78, 5) is 1.53. The van der Waals surface area contributed by atoms with Crippen LogP contribution in [0.5, 0.6) is 11.5 Å². The van der Waals surface area contributed by atoms with E-state index in [2.05, 4.69) is 67.8 Å². The number of anilines is 1. The van der Waals surface area contributed by atoms with E-state index in [1.165, 1.54) is 10.4 Å². The highest BCUT2D eigenvalue weighted by Crippen LogP contribution is 2.37. The predicted octanol–water partition coefficient (Wildman–Crippen LogP) is 3.96. The summed E-state index contributed by atoms with van der Waals surface area (Å²) in [5, 5.41) is 15.3. The number of aryl methyl sites for hydroxylation is 2. The van der Waals surface area contributed by atoms with Crippen LogP contribution in [0.2, 0.25) is 0 Å². The zero-order valence-electron chi connectivity index (χ0n) is 15.6. The lowest BCUT2D eigenvalue weighted by Crippen LogP contribution is -2.04. The molecule has 7 nitrogen and oxygen atoms in total. The van der Waals surface area contributed by atoms with Gasteiger partial charge in [0.15, 0.2) is 11.5 Å². The molecule has 3 rings (SSSR count). The van der Waals surface area contributed by atoms with Crippen molar-refractivity contribution >= 4 is 21.9 Å². The number of halogens is 1. The van der Waals surface area contributed by atoms with Crippen molar-refractivity contribution in [2.45, 2.75) is 33.5 Å². The molecule has 0 radical (unpaired) electrons. The Kier molecular flexibility index (Phi) is 6.28. The van der Waals surface area contributed by atoms with E-state index in [-0.39, 0.29) is 0 Å². The Bertz CT molecular complexity index is 896. The number of nitrogens with zero attached hydrogens (tertiary/aromatic N) is 4. The number of methoxy groups -OCH3 is 1. The van der Waals surface area contributed by atoms with Crippen LogP contribution in [0.3, 0.4) is 0 Å². The zero-order valence-corrected chi connectivity index (χ0v) is 17.2. The van der Waals surface area contributed by atoms with Gasteiger partial charge in [0.25, 0.3) is 5.95 Å². The maximum absolute atomic E-state index is 5.99. The Morgan fingerprint density at radius 3 is 2.59 bits per heavy atom. The van der Waals surface area contributed by atoms with Gasteiger partial charge in [-0.15, -0.1) is 5.10 Å². The van der Waals surface area contributed by atoms with Gasteiger partial charge >= 0.3 is 0 Å². The van der Waals surface area contributed by atoms with Gasteiger partial charge in [0.05, 0.1) is 18.1 Å². The lowest BCUT2D eigenvalue weighted by molar-refractivity contribution is 0.282. The van der Waals surface area contributed by atoms with Crippen molar-refractivity contribution < 1.29 is 9.47 Å². The smallest absolute Gasteiger partial charge is 0.263 e. The lowest BCUT2D eigenvalue weighted by Gasteiger charge is -2.15. The third-order valence-corrected chi connectivity index (χ3v) is 4.57. The van der Waals surface area contributed by atoms with Crippen LogP contribution in [0, 0.1) is 6.92 Å². The fourth-order valence-corrected chi connectivity index (χ4v) is 3.09. The molecule has 0 aliphatic heterocycles. The van der Waals surface area contributed by atoms with Gasteiger partial charge in [0.1, 0.15) is 6.61 Å². The number of hydrogen-bond acceptors (Lipinski definition) is 6. The van der Waals surface area contributed by atoms with Gasteiger partial charge < -0.3 is 14.8 Å². The van der Waals surface area contributed by atoms with Crippen LogP contribution in [0.15, 0.2) is 40.9 Å². The lowest BCUT2D eigenvalue weighted by atomic mass is 10.1. The minimum absolute atomic E-state index is 0.469. The van der Waals surface area contributed by atoms with Crippen LogP contribution in [-0.2, 0) is 19.7 Å². The molecule has 0 aliphatic carbocycles. The largest absolute Gasteiger partial charge is 0.493 e. The summed E-state index contributed by atoms with van der Waals surface area (Å²) in [6, 6.07) is 12.2. The molecule has 0 atom stereocenters. The molecule has 0 unspecified atom stereocenters. The highest BCUT2D eigenvalue weighted by atomic mass is 79.9. The topological polar surface area (TPSA) is 74.1 Å². The van der Waals surface area contributed by atoms with Crippen LogP contribution >= 0.6 is 15.9 Å². The monoisotopic (exact) mass is 431 g/mol. The Morgan fingerprint density at radius 1 is 1.15 bits per heavy atom. The number of benzene rings is 2. The molecular formula is C19H22BrN5O2. The van der Waals surface area contributed by atoms with E-state index < -0.39 is 0 Å². The normalized spacial score (nSPS) is 10.7. The molecule has 0 saturated heterocycles. The average molecular weight is 432 g/mol. The van der Waals surface area contributed by atoms with E-state index in [0.717, 1.165) is 15.6 Å². The molecule has 0 saturated carbocycles. The SMILES string of the molecule is CCn1nnc(NCc2cc(Br)c(OCc3ccc(C)cc3)c(OC)c2)n1. The molecule has 0 aliphatic rings. The fourth-order valence-electron chi connectivity index (χ4n) is 2.48. The first-order valence-corrected chi connectivity index (χ1v) is 9.44. The summed E-state index contributed by atoms with van der Waals surface area (Å²) < 4.78 is 12.3. The van der Waals surface area contributed by atoms with Crippen molar-refractivity contribution in [2.75, 3.05) is 12.4 Å². The van der Waals surface area contributed by atoms with E-state index in [1.54, 1.807) is 7.11 Å². The van der Waals surface area contributed by atoms with E-state index in [0.29, 0.717) is 37.1 Å². The highest BCUT2D eigenvalue weighted by Gasteiger charge is 2.13. The minimum atomic E-state index is 0.469. The summed E-state index contributed by atoms with van der Waals surface area (Å²) in [7, 11) is 1.63. The summed E-state index contributed by atoms with van der Waals surface area (Å²) in [5.74, 6) is 1.84. The predicted molar refractivity (Wildman–Crippen MR) is 107 cm³/mol. The molecule has 1 N–H and O–H groups in total. The molecule has 0 spiro atoms. The van der Waals surface area contributed by atoms with E-state index in [1.807, 2.05) is 19.1 Å². The summed E-state index contributed by atoms with van der Waals surface area (Å²) in [6.45, 7) is 5.72. The van der Waals surface area contributed by atoms with Gasteiger partial charge in [-0.3, -0.25) is 0 Å². The van der Waals surface area contributed by atoms with Gasteiger partial charge in [0, 0.05) is 6.54 Å². The van der Waals surface area contributed by atoms with Gasteiger partial charge in [-0.1, -0.05) is 34.9 Å². The average Bonchev–Trinajstić information content (AvgIpc) is 3.14. The second kappa shape index (κ2) is 8.85. The quantitative estimate of drug-likeness (QED) is 0.581. The molecule has 8 heteroatoms. The van der Waals surface area contributed by atoms with Crippen LogP contribution in [0.25, 0.3) is 0 Å². The Morgan fingerprint density at radius 2 is 1.93 bits per heavy atom. The number of aromatic nitrogens is 4. The third kappa shape index (κ3) is 4.97. The maximum Gasteiger partial charge on any atom is 0.263 e. The van der Waals surface area contributed by atoms with E-state index in [4.69, 9.17) is 9.47 Å². The van der Waals surface area contributed by atoms with Crippen LogP contribution in [-0.4, -0.2) is 27.3 Å². The Balaban J connectivity index is 1.69. The van der Waals surface area contributed by atoms with Gasteiger partial charge in [-0.05, 0) is 58.3 Å². The molecule has 27 heavy (non-hydrogen) atoms. The molecule has 0 fully saturated rings. The number of ether oxygens (including phenoxy) is 2. The number of tetrazole rings is 1. The van der Waals surface area contributed by atoms with Crippen molar-refractivity contribution in [3.8, 4) is 11.5 Å². The summed E-state index contributed by atoms with van der Waals surface area (Å²) in [5.41, 5.74) is 3.34. The van der Waals surface area contributed by atoms with Crippen LogP contribution in [0.1, 0.15) is 23.6 Å². The molecule has 1 heterocycles. The standard InChI is InChI=1S/C19H22BrN5O2/c1-4-25-23-19(22-24-25)21-11-15-9-16(20)18(17(10-15)26-3)27-12-14-7-5-13(2)6-8-14/h5-10H,4,11-12H2,1-3H3,(H,21,23). The second-order valence-corrected chi connectivity index (χ2v) is 6.89. The molecule has 142 valence electrons. The summed E-state index contributed by atoms with van der Waals surface area (Å²) >= 11 is 3.59. The van der Waals surface area contributed by atoms with Crippen molar-refractivity contribution in [1.82, 2.24) is 20.2 Å². The number of hydrogen-bond donors (Lipinski definition) is 1. The molecule has 3 aromatic rings. The highest BCUT2D eigenvalue weighted by molar-refractivity contribution is 9.10. The fraction of sp³-hybridized carbons (Fsp3) is 0.316. The van der Waals surface area contributed by atoms with Crippen molar-refractivity contribution in [1.29, 1.82) is 0 Å². The summed E-state index contributed by atoms with van der Waals surface area (Å²) in [6.07, 6.45) is 0. The van der Waals surface area contributed by atoms with Gasteiger partial charge in [0.2, 0.25) is 0 Å². The number of rotatable bonds is 8. The van der Waals surface area contributed by atoms with Crippen molar-refractivity contribution in [3.05, 3.63) is 57.6 Å². The Hall–Kier alpha value is -2.61. The minimum Gasteiger partial charge on any atom is -0.493 e. The number of nitrogens with one attached hydrogen (secondary N) is 1. The maximum atomic E-state index is 5.99. The van der Waals surface area contributed by atoms with Gasteiger partial charge in [-0.2, -0.15) is 4.80 Å². The van der Waals surface area contributed by atoms with Crippen LogP contribution in [0.4, 0.5) is 5.95 Å².